The molecule has 0 spiro atoms. The molecule has 2 atom stereocenters. The Bertz CT molecular complexity index is 188. The molecule has 4 nitrogen and oxygen atoms in total. The van der Waals surface area contributed by atoms with Crippen molar-refractivity contribution in [3.8, 4) is 0 Å². The molecule has 2 aliphatic rings. The van der Waals surface area contributed by atoms with E-state index in [-0.39, 0.29) is 24.0 Å². The van der Waals surface area contributed by atoms with Crippen LogP contribution in [0.2, 0.25) is 0 Å². The molecule has 0 aliphatic carbocycles. The normalized spacial score (nSPS) is 36.4. The molecule has 2 saturated heterocycles. The van der Waals surface area contributed by atoms with Crippen LogP contribution in [-0.2, 0) is 4.74 Å². The lowest BCUT2D eigenvalue weighted by molar-refractivity contribution is -0.153. The van der Waals surface area contributed by atoms with Crippen molar-refractivity contribution in [2.75, 3.05) is 32.9 Å². The molecule has 0 bridgehead atoms. The van der Waals surface area contributed by atoms with Gasteiger partial charge in [0, 0.05) is 12.0 Å². The highest BCUT2D eigenvalue weighted by Crippen LogP contribution is 2.35. The molecule has 0 radical (unpaired) electrons. The van der Waals surface area contributed by atoms with Crippen LogP contribution in [0.1, 0.15) is 12.8 Å². The highest BCUT2D eigenvalue weighted by atomic mass is 16.5. The second-order valence-corrected chi connectivity index (χ2v) is 4.68. The third-order valence-corrected chi connectivity index (χ3v) is 3.41. The van der Waals surface area contributed by atoms with Crippen molar-refractivity contribution in [2.24, 2.45) is 11.3 Å². The maximum atomic E-state index is 9.78. The minimum absolute atomic E-state index is 0.0648. The summed E-state index contributed by atoms with van der Waals surface area (Å²) in [6, 6.07) is 0. The first kappa shape index (κ1) is 10.4. The highest BCUT2D eigenvalue weighted by Gasteiger charge is 2.41. The van der Waals surface area contributed by atoms with Gasteiger partial charge in [0.25, 0.3) is 0 Å². The summed E-state index contributed by atoms with van der Waals surface area (Å²) in [7, 11) is 0. The molecule has 14 heavy (non-hydrogen) atoms. The Morgan fingerprint density at radius 1 is 1.43 bits per heavy atom. The molecule has 0 aromatic heterocycles. The molecular weight excluding hydrogens is 182 g/mol. The smallest absolute Gasteiger partial charge is 0.0592 e. The maximum absolute atomic E-state index is 9.78. The maximum Gasteiger partial charge on any atom is 0.0592 e. The number of hydrogen-bond acceptors (Lipinski definition) is 4. The van der Waals surface area contributed by atoms with Crippen LogP contribution < -0.4 is 5.32 Å². The Morgan fingerprint density at radius 2 is 2.21 bits per heavy atom. The van der Waals surface area contributed by atoms with Gasteiger partial charge in [0.2, 0.25) is 0 Å². The van der Waals surface area contributed by atoms with Crippen molar-refractivity contribution in [1.29, 1.82) is 0 Å². The average Bonchev–Trinajstić information content (AvgIpc) is 2.14. The minimum atomic E-state index is -0.208. The van der Waals surface area contributed by atoms with E-state index in [1.54, 1.807) is 0 Å². The van der Waals surface area contributed by atoms with E-state index < -0.39 is 0 Å². The van der Waals surface area contributed by atoms with E-state index in [2.05, 4.69) is 5.32 Å². The number of aliphatic hydroxyl groups is 2. The quantitative estimate of drug-likeness (QED) is 0.568. The van der Waals surface area contributed by atoms with E-state index in [4.69, 9.17) is 4.74 Å². The van der Waals surface area contributed by atoms with Gasteiger partial charge in [0.15, 0.2) is 0 Å². The van der Waals surface area contributed by atoms with E-state index in [1.807, 2.05) is 0 Å². The molecule has 0 amide bonds. The molecule has 2 heterocycles. The summed E-state index contributed by atoms with van der Waals surface area (Å²) in [6.07, 6.45) is 1.49. The van der Waals surface area contributed by atoms with Crippen molar-refractivity contribution in [3.05, 3.63) is 0 Å². The van der Waals surface area contributed by atoms with Gasteiger partial charge in [-0.25, -0.2) is 0 Å². The highest BCUT2D eigenvalue weighted by molar-refractivity contribution is 4.90. The van der Waals surface area contributed by atoms with Crippen LogP contribution in [0.3, 0.4) is 0 Å². The first-order valence-corrected chi connectivity index (χ1v) is 5.33. The molecule has 0 aromatic carbocycles. The van der Waals surface area contributed by atoms with E-state index in [0.717, 1.165) is 25.9 Å². The molecule has 2 aliphatic heterocycles. The van der Waals surface area contributed by atoms with Crippen LogP contribution >= 0.6 is 0 Å². The number of piperidine rings is 1. The lowest BCUT2D eigenvalue weighted by atomic mass is 9.75. The lowest BCUT2D eigenvalue weighted by Crippen LogP contribution is -2.51. The van der Waals surface area contributed by atoms with Gasteiger partial charge < -0.3 is 20.3 Å². The number of nitrogens with one attached hydrogen (secondary N) is 1. The summed E-state index contributed by atoms with van der Waals surface area (Å²) in [6.45, 7) is 3.23. The van der Waals surface area contributed by atoms with E-state index >= 15 is 0 Å². The zero-order valence-electron chi connectivity index (χ0n) is 8.41. The summed E-state index contributed by atoms with van der Waals surface area (Å²) in [5.74, 6) is 0.278. The fourth-order valence-corrected chi connectivity index (χ4v) is 2.34. The summed E-state index contributed by atoms with van der Waals surface area (Å²) < 4.78 is 5.14. The van der Waals surface area contributed by atoms with Gasteiger partial charge in [-0.3, -0.25) is 0 Å². The number of aliphatic hydroxyl groups excluding tert-OH is 2. The van der Waals surface area contributed by atoms with Gasteiger partial charge in [0.05, 0.1) is 25.9 Å². The standard InChI is InChI=1S/C10H19NO3/c12-5-10(6-14-7-10)3-8-4-11-2-1-9(8)13/h8-9,11-13H,1-7H2. The number of rotatable bonds is 3. The second kappa shape index (κ2) is 4.14. The van der Waals surface area contributed by atoms with Crippen LogP contribution in [0.25, 0.3) is 0 Å². The Hall–Kier alpha value is -0.160. The fourth-order valence-electron chi connectivity index (χ4n) is 2.34. The first-order valence-electron chi connectivity index (χ1n) is 5.33. The van der Waals surface area contributed by atoms with Crippen molar-refractivity contribution in [2.45, 2.75) is 18.9 Å². The zero-order valence-corrected chi connectivity index (χ0v) is 8.41. The fraction of sp³-hybridized carbons (Fsp3) is 1.00. The first-order chi connectivity index (χ1) is 6.76. The van der Waals surface area contributed by atoms with Crippen LogP contribution in [0, 0.1) is 11.3 Å². The van der Waals surface area contributed by atoms with Gasteiger partial charge in [-0.2, -0.15) is 0 Å². The number of hydrogen-bond donors (Lipinski definition) is 3. The molecule has 2 rings (SSSR count). The van der Waals surface area contributed by atoms with Crippen molar-refractivity contribution < 1.29 is 14.9 Å². The van der Waals surface area contributed by atoms with Gasteiger partial charge >= 0.3 is 0 Å². The van der Waals surface area contributed by atoms with E-state index in [9.17, 15) is 10.2 Å². The van der Waals surface area contributed by atoms with Crippen LogP contribution in [0.15, 0.2) is 0 Å². The van der Waals surface area contributed by atoms with E-state index in [0.29, 0.717) is 13.2 Å². The molecule has 0 aromatic rings. The molecule has 2 fully saturated rings. The monoisotopic (exact) mass is 201 g/mol. The van der Waals surface area contributed by atoms with Crippen LogP contribution in [0.5, 0.6) is 0 Å². The molecule has 4 heteroatoms. The summed E-state index contributed by atoms with van der Waals surface area (Å²) >= 11 is 0. The summed E-state index contributed by atoms with van der Waals surface area (Å²) in [4.78, 5) is 0. The van der Waals surface area contributed by atoms with Gasteiger partial charge in [0.1, 0.15) is 0 Å². The molecular formula is C10H19NO3. The number of ether oxygens (including phenoxy) is 1. The predicted molar refractivity (Wildman–Crippen MR) is 51.9 cm³/mol. The SMILES string of the molecule is OCC1(CC2CNCCC2O)COC1. The minimum Gasteiger partial charge on any atom is -0.396 e. The van der Waals surface area contributed by atoms with Crippen molar-refractivity contribution >= 4 is 0 Å². The van der Waals surface area contributed by atoms with Crippen molar-refractivity contribution in [1.82, 2.24) is 5.32 Å². The summed E-state index contributed by atoms with van der Waals surface area (Å²) in [5.41, 5.74) is -0.0648. The summed E-state index contributed by atoms with van der Waals surface area (Å²) in [5, 5.41) is 22.3. The van der Waals surface area contributed by atoms with Crippen LogP contribution in [0.4, 0.5) is 0 Å². The van der Waals surface area contributed by atoms with Crippen molar-refractivity contribution in [3.63, 3.8) is 0 Å². The van der Waals surface area contributed by atoms with Gasteiger partial charge in [-0.15, -0.1) is 0 Å². The Kier molecular flexibility index (Phi) is 3.07. The molecule has 82 valence electrons. The second-order valence-electron chi connectivity index (χ2n) is 4.68. The van der Waals surface area contributed by atoms with Gasteiger partial charge in [-0.1, -0.05) is 0 Å². The zero-order chi connectivity index (χ0) is 10.0. The Labute approximate surface area is 84.3 Å². The average molecular weight is 201 g/mol. The molecule has 2 unspecified atom stereocenters. The molecule has 3 N–H and O–H groups in total. The Morgan fingerprint density at radius 3 is 2.71 bits per heavy atom. The lowest BCUT2D eigenvalue weighted by Gasteiger charge is -2.44. The predicted octanol–water partition coefficient (Wildman–Crippen LogP) is -0.644. The third-order valence-electron chi connectivity index (χ3n) is 3.41. The third kappa shape index (κ3) is 1.93. The van der Waals surface area contributed by atoms with Gasteiger partial charge in [-0.05, 0) is 25.3 Å². The van der Waals surface area contributed by atoms with E-state index in [1.165, 1.54) is 0 Å². The van der Waals surface area contributed by atoms with Crippen LogP contribution in [-0.4, -0.2) is 49.2 Å². The Balaban J connectivity index is 1.88. The topological polar surface area (TPSA) is 61.7 Å². The molecule has 0 saturated carbocycles. The largest absolute Gasteiger partial charge is 0.396 e.